The van der Waals surface area contributed by atoms with Crippen molar-refractivity contribution in [3.8, 4) is 0 Å². The van der Waals surface area contributed by atoms with Gasteiger partial charge in [-0.3, -0.25) is 4.79 Å². The zero-order chi connectivity index (χ0) is 21.1. The molecule has 0 aromatic carbocycles. The van der Waals surface area contributed by atoms with Crippen LogP contribution in [-0.4, -0.2) is 34.6 Å². The van der Waals surface area contributed by atoms with Crippen molar-refractivity contribution < 1.29 is 14.8 Å². The van der Waals surface area contributed by atoms with Crippen LogP contribution in [0.3, 0.4) is 0 Å². The van der Waals surface area contributed by atoms with Crippen molar-refractivity contribution in [3.63, 3.8) is 0 Å². The maximum atomic E-state index is 12.6. The average Bonchev–Trinajstić information content (AvgIpc) is 3.28. The topological polar surface area (TPSA) is 97.3 Å². The molecule has 6 heteroatoms. The van der Waals surface area contributed by atoms with Crippen LogP contribution in [0.5, 0.6) is 0 Å². The third-order valence-corrected chi connectivity index (χ3v) is 9.98. The highest BCUT2D eigenvalue weighted by molar-refractivity contribution is 5.96. The van der Waals surface area contributed by atoms with Crippen molar-refractivity contribution in [2.24, 2.45) is 50.5 Å². The molecule has 0 spiro atoms. The second-order valence-electron chi connectivity index (χ2n) is 11.2. The van der Waals surface area contributed by atoms with E-state index in [2.05, 4.69) is 24.2 Å². The second kappa shape index (κ2) is 7.32. The molecular weight excluding hydrogens is 378 g/mol. The zero-order valence-electron chi connectivity index (χ0n) is 18.5. The molecule has 5 aliphatic carbocycles. The molecule has 5 aliphatic rings. The lowest BCUT2D eigenvalue weighted by Gasteiger charge is -2.59. The highest BCUT2D eigenvalue weighted by atomic mass is 16.6. The number of oxime groups is 2. The summed E-state index contributed by atoms with van der Waals surface area (Å²) in [6, 6.07) is 0.0962. The Labute approximate surface area is 179 Å². The van der Waals surface area contributed by atoms with E-state index in [-0.39, 0.29) is 28.9 Å². The molecule has 166 valence electrons. The highest BCUT2D eigenvalue weighted by Gasteiger charge is 2.61. The smallest absolute Gasteiger partial charge is 0.142 e. The van der Waals surface area contributed by atoms with Crippen molar-refractivity contribution >= 4 is 17.2 Å². The fourth-order valence-electron chi connectivity index (χ4n) is 8.07. The van der Waals surface area contributed by atoms with Gasteiger partial charge in [0.1, 0.15) is 11.9 Å². The first kappa shape index (κ1) is 20.5. The van der Waals surface area contributed by atoms with Crippen LogP contribution < -0.4 is 5.73 Å². The molecule has 0 aliphatic heterocycles. The number of hydrogen-bond acceptors (Lipinski definition) is 6. The van der Waals surface area contributed by atoms with Crippen molar-refractivity contribution in [1.29, 1.82) is 0 Å². The van der Waals surface area contributed by atoms with Gasteiger partial charge in [0.25, 0.3) is 0 Å². The van der Waals surface area contributed by atoms with Crippen molar-refractivity contribution in [2.45, 2.75) is 96.6 Å². The van der Waals surface area contributed by atoms with E-state index < -0.39 is 0 Å². The van der Waals surface area contributed by atoms with Gasteiger partial charge >= 0.3 is 0 Å². The lowest BCUT2D eigenvalue weighted by Crippen LogP contribution is -2.56. The van der Waals surface area contributed by atoms with E-state index in [1.165, 1.54) is 0 Å². The number of rotatable bonds is 2. The fraction of sp³-hybridized carbons (Fsp3) is 0.875. The predicted octanol–water partition coefficient (Wildman–Crippen LogP) is 4.29. The van der Waals surface area contributed by atoms with Crippen LogP contribution in [0.25, 0.3) is 0 Å². The molecular formula is C24H37N3O3. The molecule has 0 aromatic rings. The summed E-state index contributed by atoms with van der Waals surface area (Å²) >= 11 is 0. The third kappa shape index (κ3) is 2.96. The zero-order valence-corrected chi connectivity index (χ0v) is 18.5. The van der Waals surface area contributed by atoms with Gasteiger partial charge in [-0.1, -0.05) is 24.2 Å². The van der Waals surface area contributed by atoms with Gasteiger partial charge in [-0.15, -0.1) is 0 Å². The Morgan fingerprint density at radius 2 is 1.90 bits per heavy atom. The van der Waals surface area contributed by atoms with Crippen LogP contribution in [0.15, 0.2) is 10.3 Å². The van der Waals surface area contributed by atoms with Crippen molar-refractivity contribution in [1.82, 2.24) is 0 Å². The number of ketones is 1. The first-order valence-electron chi connectivity index (χ1n) is 12.1. The first-order chi connectivity index (χ1) is 14.4. The van der Waals surface area contributed by atoms with E-state index in [1.54, 1.807) is 0 Å². The summed E-state index contributed by atoms with van der Waals surface area (Å²) in [5.41, 5.74) is 8.10. The van der Waals surface area contributed by atoms with Crippen molar-refractivity contribution in [2.75, 3.05) is 0 Å². The fourth-order valence-corrected chi connectivity index (χ4v) is 8.07. The predicted molar refractivity (Wildman–Crippen MR) is 115 cm³/mol. The van der Waals surface area contributed by atoms with Crippen LogP contribution in [0, 0.1) is 34.5 Å². The number of carbonyl (C=O) groups is 1. The summed E-state index contributed by atoms with van der Waals surface area (Å²) in [6.07, 6.45) is 10.7. The van der Waals surface area contributed by atoms with Gasteiger partial charge in [0.05, 0.1) is 11.4 Å². The Hall–Kier alpha value is -1.43. The van der Waals surface area contributed by atoms with Gasteiger partial charge in [0, 0.05) is 23.8 Å². The lowest BCUT2D eigenvalue weighted by atomic mass is 9.45. The van der Waals surface area contributed by atoms with E-state index in [4.69, 9.17) is 10.6 Å². The van der Waals surface area contributed by atoms with Crippen molar-refractivity contribution in [3.05, 3.63) is 0 Å². The summed E-state index contributed by atoms with van der Waals surface area (Å²) in [5, 5.41) is 18.3. The molecule has 30 heavy (non-hydrogen) atoms. The Kier molecular flexibility index (Phi) is 4.99. The van der Waals surface area contributed by atoms with Crippen LogP contribution in [0.1, 0.15) is 84.5 Å². The summed E-state index contributed by atoms with van der Waals surface area (Å²) in [7, 11) is 0. The van der Waals surface area contributed by atoms with Crippen LogP contribution in [-0.2, 0) is 9.63 Å². The Balaban J connectivity index is 1.37. The second-order valence-corrected chi connectivity index (χ2v) is 11.2. The number of nitrogens with zero attached hydrogens (tertiary/aromatic N) is 2. The van der Waals surface area contributed by atoms with E-state index in [0.717, 1.165) is 82.1 Å². The molecule has 0 bridgehead atoms. The van der Waals surface area contributed by atoms with Gasteiger partial charge in [-0.05, 0) is 87.4 Å². The monoisotopic (exact) mass is 415 g/mol. The molecule has 0 saturated heterocycles. The maximum Gasteiger partial charge on any atom is 0.142 e. The molecule has 8 atom stereocenters. The van der Waals surface area contributed by atoms with Gasteiger partial charge in [-0.2, -0.15) is 0 Å². The molecule has 0 amide bonds. The maximum absolute atomic E-state index is 12.6. The largest absolute Gasteiger partial charge is 0.411 e. The first-order valence-corrected chi connectivity index (χ1v) is 12.1. The molecule has 5 saturated carbocycles. The van der Waals surface area contributed by atoms with Gasteiger partial charge in [0.15, 0.2) is 0 Å². The quantitative estimate of drug-likeness (QED) is 0.519. The molecule has 5 rings (SSSR count). The summed E-state index contributed by atoms with van der Waals surface area (Å²) < 4.78 is 0. The van der Waals surface area contributed by atoms with Crippen LogP contribution in [0.2, 0.25) is 0 Å². The lowest BCUT2D eigenvalue weighted by molar-refractivity contribution is -0.133. The molecule has 0 unspecified atom stereocenters. The van der Waals surface area contributed by atoms with Gasteiger partial charge < -0.3 is 15.8 Å². The minimum absolute atomic E-state index is 0.0449. The SMILES string of the molecule is C[C@]12CCC(=NO[C@@H]3CCC[C@@H]3N)C[C@@H]1/C(=N/O)C[C@@H]1[C@@H]2CC[C@]2(C)C(=O)CC[C@@H]12. The third-order valence-electron chi connectivity index (χ3n) is 9.98. The van der Waals surface area contributed by atoms with E-state index in [1.807, 2.05) is 0 Å². The normalized spacial score (nSPS) is 51.0. The number of fused-ring (bicyclic) bond motifs is 5. The van der Waals surface area contributed by atoms with Gasteiger partial charge in [-0.25, -0.2) is 0 Å². The molecule has 0 radical (unpaired) electrons. The van der Waals surface area contributed by atoms with E-state index in [9.17, 15) is 10.0 Å². The minimum Gasteiger partial charge on any atom is -0.411 e. The number of nitrogens with two attached hydrogens (primary N) is 1. The number of hydrogen-bond donors (Lipinski definition) is 2. The Morgan fingerprint density at radius 1 is 1.07 bits per heavy atom. The highest BCUT2D eigenvalue weighted by Crippen LogP contribution is 2.64. The Bertz CT molecular complexity index is 780. The average molecular weight is 416 g/mol. The molecule has 0 heterocycles. The van der Waals surface area contributed by atoms with Crippen LogP contribution in [0.4, 0.5) is 0 Å². The molecule has 3 N–H and O–H groups in total. The standard InChI is InChI=1S/C24H37N3O3/c1-23-10-8-14(27-30-21-5-3-4-19(21)25)12-18(23)20(26-29)13-15-16-6-7-22(28)24(16,2)11-9-17(15)23/h15-19,21,29H,3-13,25H2,1-2H3/b26-20+,27-14?/t15-,16-,17-,18+,19-,21+,23+,24-/m0/s1. The minimum atomic E-state index is -0.153. The summed E-state index contributed by atoms with van der Waals surface area (Å²) in [4.78, 5) is 18.5. The summed E-state index contributed by atoms with van der Waals surface area (Å²) in [5.74, 6) is 2.19. The molecule has 6 nitrogen and oxygen atoms in total. The molecule has 5 fully saturated rings. The van der Waals surface area contributed by atoms with E-state index >= 15 is 0 Å². The summed E-state index contributed by atoms with van der Waals surface area (Å²) in [6.45, 7) is 4.60. The van der Waals surface area contributed by atoms with Crippen LogP contribution >= 0.6 is 0 Å². The van der Waals surface area contributed by atoms with E-state index in [0.29, 0.717) is 23.5 Å². The molecule has 0 aromatic heterocycles. The number of Topliss-reactive ketones (excluding diaryl/α,β-unsaturated/α-hetero) is 1. The Morgan fingerprint density at radius 3 is 2.63 bits per heavy atom. The number of carbonyl (C=O) groups excluding carboxylic acids is 1. The van der Waals surface area contributed by atoms with Gasteiger partial charge in [0.2, 0.25) is 0 Å².